The van der Waals surface area contributed by atoms with Gasteiger partial charge in [-0.25, -0.2) is 0 Å². The summed E-state index contributed by atoms with van der Waals surface area (Å²) in [4.78, 5) is 23.8. The van der Waals surface area contributed by atoms with Crippen LogP contribution in [-0.2, 0) is 15.8 Å². The Morgan fingerprint density at radius 2 is 1.95 bits per heavy atom. The molecule has 1 rings (SSSR count). The van der Waals surface area contributed by atoms with Crippen LogP contribution in [0, 0.1) is 0 Å². The molecule has 1 atom stereocenters. The number of amides is 1. The third kappa shape index (κ3) is 4.47. The van der Waals surface area contributed by atoms with E-state index in [9.17, 15) is 22.8 Å². The number of likely N-dealkylation sites (N-methyl/N-ethyl adjacent to an activating group) is 1. The highest BCUT2D eigenvalue weighted by Crippen LogP contribution is 2.32. The van der Waals surface area contributed by atoms with Crippen LogP contribution in [0.4, 0.5) is 13.2 Å². The van der Waals surface area contributed by atoms with Crippen LogP contribution in [0.1, 0.15) is 30.4 Å². The molecule has 0 spiro atoms. The molecule has 0 fully saturated rings. The lowest BCUT2D eigenvalue weighted by molar-refractivity contribution is -0.144. The van der Waals surface area contributed by atoms with Crippen LogP contribution in [0.5, 0.6) is 0 Å². The van der Waals surface area contributed by atoms with Crippen LogP contribution < -0.4 is 0 Å². The van der Waals surface area contributed by atoms with E-state index in [-0.39, 0.29) is 12.0 Å². The number of halogens is 3. The van der Waals surface area contributed by atoms with Gasteiger partial charge in [0.25, 0.3) is 0 Å². The molecule has 0 saturated carbocycles. The lowest BCUT2D eigenvalue weighted by atomic mass is 9.93. The van der Waals surface area contributed by atoms with Crippen molar-refractivity contribution >= 4 is 11.9 Å². The maximum absolute atomic E-state index is 12.7. The summed E-state index contributed by atoms with van der Waals surface area (Å²) in [5.74, 6) is -2.49. The van der Waals surface area contributed by atoms with E-state index in [0.29, 0.717) is 0 Å². The molecule has 0 heterocycles. The third-order valence-corrected chi connectivity index (χ3v) is 3.07. The second-order valence-corrected chi connectivity index (χ2v) is 4.67. The van der Waals surface area contributed by atoms with Crippen LogP contribution in [-0.4, -0.2) is 35.5 Å². The largest absolute Gasteiger partial charge is 0.480 e. The minimum Gasteiger partial charge on any atom is -0.480 e. The van der Waals surface area contributed by atoms with Gasteiger partial charge in [-0.2, -0.15) is 13.2 Å². The summed E-state index contributed by atoms with van der Waals surface area (Å²) in [6.07, 6.45) is -4.20. The van der Waals surface area contributed by atoms with E-state index in [4.69, 9.17) is 5.11 Å². The van der Waals surface area contributed by atoms with Crippen molar-refractivity contribution in [3.05, 3.63) is 35.4 Å². The van der Waals surface area contributed by atoms with Crippen LogP contribution >= 0.6 is 0 Å². The fourth-order valence-electron chi connectivity index (χ4n) is 2.03. The molecule has 1 aromatic rings. The summed E-state index contributed by atoms with van der Waals surface area (Å²) >= 11 is 0. The van der Waals surface area contributed by atoms with Crippen molar-refractivity contribution in [1.29, 1.82) is 0 Å². The number of benzene rings is 1. The smallest absolute Gasteiger partial charge is 0.416 e. The number of alkyl halides is 3. The minimum absolute atomic E-state index is 0.231. The maximum Gasteiger partial charge on any atom is 0.416 e. The molecule has 1 aromatic carbocycles. The first-order chi connectivity index (χ1) is 9.66. The average Bonchev–Trinajstić information content (AvgIpc) is 2.38. The van der Waals surface area contributed by atoms with Crippen molar-refractivity contribution in [2.24, 2.45) is 0 Å². The minimum atomic E-state index is -4.48. The number of aliphatic carboxylic acids is 1. The maximum atomic E-state index is 12.7. The van der Waals surface area contributed by atoms with E-state index < -0.39 is 36.1 Å². The van der Waals surface area contributed by atoms with Crippen molar-refractivity contribution in [2.75, 3.05) is 13.6 Å². The summed E-state index contributed by atoms with van der Waals surface area (Å²) < 4.78 is 38.1. The van der Waals surface area contributed by atoms with Crippen molar-refractivity contribution in [1.82, 2.24) is 4.90 Å². The highest BCUT2D eigenvalue weighted by atomic mass is 19.4. The van der Waals surface area contributed by atoms with Crippen molar-refractivity contribution < 1.29 is 27.9 Å². The molecule has 0 saturated heterocycles. The molecule has 1 amide bonds. The predicted molar refractivity (Wildman–Crippen MR) is 69.7 cm³/mol. The zero-order valence-corrected chi connectivity index (χ0v) is 11.6. The normalized spacial score (nSPS) is 12.8. The van der Waals surface area contributed by atoms with Crippen LogP contribution in [0.3, 0.4) is 0 Å². The van der Waals surface area contributed by atoms with Crippen LogP contribution in [0.2, 0.25) is 0 Å². The topological polar surface area (TPSA) is 57.6 Å². The van der Waals surface area contributed by atoms with Gasteiger partial charge in [0.05, 0.1) is 11.5 Å². The summed E-state index contributed by atoms with van der Waals surface area (Å²) in [5.41, 5.74) is -0.596. The number of carboxylic acid groups (broad SMARTS) is 1. The summed E-state index contributed by atoms with van der Waals surface area (Å²) in [6.45, 7) is 1.17. The van der Waals surface area contributed by atoms with Gasteiger partial charge in [-0.15, -0.1) is 0 Å². The number of hydrogen-bond donors (Lipinski definition) is 1. The molecule has 0 bridgehead atoms. The molecule has 1 N–H and O–H groups in total. The molecule has 0 aliphatic rings. The van der Waals surface area contributed by atoms with Gasteiger partial charge in [0.15, 0.2) is 0 Å². The quantitative estimate of drug-likeness (QED) is 0.910. The molecular formula is C14H16F3NO3. The Balaban J connectivity index is 3.05. The number of rotatable bonds is 5. The van der Waals surface area contributed by atoms with Gasteiger partial charge in [0, 0.05) is 7.05 Å². The van der Waals surface area contributed by atoms with Gasteiger partial charge in [0.1, 0.15) is 6.54 Å². The van der Waals surface area contributed by atoms with Gasteiger partial charge < -0.3 is 10.0 Å². The van der Waals surface area contributed by atoms with Gasteiger partial charge in [0.2, 0.25) is 5.91 Å². The molecule has 21 heavy (non-hydrogen) atoms. The second-order valence-electron chi connectivity index (χ2n) is 4.67. The van der Waals surface area contributed by atoms with Gasteiger partial charge in [-0.05, 0) is 18.1 Å². The van der Waals surface area contributed by atoms with Gasteiger partial charge >= 0.3 is 12.1 Å². The molecule has 0 radical (unpaired) electrons. The Hall–Kier alpha value is -2.05. The summed E-state index contributed by atoms with van der Waals surface area (Å²) in [7, 11) is 1.31. The Morgan fingerprint density at radius 3 is 2.43 bits per heavy atom. The Bertz CT molecular complexity index is 528. The third-order valence-electron chi connectivity index (χ3n) is 3.07. The lowest BCUT2D eigenvalue weighted by Gasteiger charge is -2.22. The van der Waals surface area contributed by atoms with Gasteiger partial charge in [-0.3, -0.25) is 9.59 Å². The zero-order valence-electron chi connectivity index (χ0n) is 11.6. The number of nitrogens with zero attached hydrogens (tertiary/aromatic N) is 1. The lowest BCUT2D eigenvalue weighted by Crippen LogP contribution is -2.35. The molecule has 4 nitrogen and oxygen atoms in total. The number of carbonyl (C=O) groups is 2. The number of carbonyl (C=O) groups excluding carboxylic acids is 1. The molecular weight excluding hydrogens is 287 g/mol. The summed E-state index contributed by atoms with van der Waals surface area (Å²) in [5, 5.41) is 8.67. The fourth-order valence-corrected chi connectivity index (χ4v) is 2.03. The predicted octanol–water partition coefficient (Wildman–Crippen LogP) is 2.74. The van der Waals surface area contributed by atoms with Crippen molar-refractivity contribution in [3.63, 3.8) is 0 Å². The first-order valence-electron chi connectivity index (χ1n) is 6.30. The molecule has 0 aliphatic heterocycles. The fraction of sp³-hybridized carbons (Fsp3) is 0.429. The Kier molecular flexibility index (Phi) is 5.34. The molecule has 1 unspecified atom stereocenters. The van der Waals surface area contributed by atoms with E-state index in [1.807, 2.05) is 0 Å². The highest BCUT2D eigenvalue weighted by Gasteiger charge is 2.32. The van der Waals surface area contributed by atoms with Gasteiger partial charge in [-0.1, -0.05) is 25.1 Å². The SMILES string of the molecule is CCC(C(=O)N(C)CC(=O)O)c1cccc(C(F)(F)F)c1. The number of carboxylic acids is 1. The first-order valence-corrected chi connectivity index (χ1v) is 6.30. The van der Waals surface area contributed by atoms with Crippen LogP contribution in [0.25, 0.3) is 0 Å². The summed E-state index contributed by atoms with van der Waals surface area (Å²) in [6, 6.07) is 4.55. The highest BCUT2D eigenvalue weighted by molar-refractivity contribution is 5.86. The Morgan fingerprint density at radius 1 is 1.33 bits per heavy atom. The second kappa shape index (κ2) is 6.60. The first kappa shape index (κ1) is 17.0. The molecule has 116 valence electrons. The van der Waals surface area contributed by atoms with E-state index >= 15 is 0 Å². The zero-order chi connectivity index (χ0) is 16.2. The number of hydrogen-bond acceptors (Lipinski definition) is 2. The van der Waals surface area contributed by atoms with Crippen molar-refractivity contribution in [3.8, 4) is 0 Å². The van der Waals surface area contributed by atoms with E-state index in [1.165, 1.54) is 19.2 Å². The van der Waals surface area contributed by atoms with E-state index in [1.54, 1.807) is 6.92 Å². The molecule has 7 heteroatoms. The Labute approximate surface area is 120 Å². The molecule has 0 aromatic heterocycles. The van der Waals surface area contributed by atoms with E-state index in [0.717, 1.165) is 17.0 Å². The van der Waals surface area contributed by atoms with E-state index in [2.05, 4.69) is 0 Å². The average molecular weight is 303 g/mol. The monoisotopic (exact) mass is 303 g/mol. The standard InChI is InChI=1S/C14H16F3NO3/c1-3-11(13(21)18(2)8-12(19)20)9-5-4-6-10(7-9)14(15,16)17/h4-7,11H,3,8H2,1-2H3,(H,19,20). The molecule has 0 aliphatic carbocycles. The van der Waals surface area contributed by atoms with Crippen molar-refractivity contribution in [2.45, 2.75) is 25.4 Å². The van der Waals surface area contributed by atoms with Crippen LogP contribution in [0.15, 0.2) is 24.3 Å².